The molecule has 0 spiro atoms. The third kappa shape index (κ3) is 5.35. The summed E-state index contributed by atoms with van der Waals surface area (Å²) in [6, 6.07) is 19.3. The monoisotopic (exact) mass is 374 g/mol. The van der Waals surface area contributed by atoms with Gasteiger partial charge in [0.2, 0.25) is 0 Å². The fraction of sp³-hybridized carbons (Fsp3) is 0.429. The number of ether oxygens (including phenoxy) is 4. The van der Waals surface area contributed by atoms with Crippen LogP contribution in [0.4, 0.5) is 0 Å². The Morgan fingerprint density at radius 2 is 1.44 bits per heavy atom. The minimum atomic E-state index is -1.14. The van der Waals surface area contributed by atoms with E-state index in [2.05, 4.69) is 0 Å². The van der Waals surface area contributed by atoms with Crippen molar-refractivity contribution in [1.82, 2.24) is 0 Å². The van der Waals surface area contributed by atoms with Crippen LogP contribution in [0.3, 0.4) is 0 Å². The van der Waals surface area contributed by atoms with Crippen LogP contribution in [0.15, 0.2) is 60.7 Å². The molecule has 2 aromatic rings. The highest BCUT2D eigenvalue weighted by Gasteiger charge is 2.45. The van der Waals surface area contributed by atoms with Gasteiger partial charge in [0.05, 0.1) is 19.8 Å². The normalized spacial score (nSPS) is 28.2. The molecule has 1 saturated heterocycles. The third-order valence-corrected chi connectivity index (χ3v) is 4.56. The van der Waals surface area contributed by atoms with Gasteiger partial charge in [0, 0.05) is 7.11 Å². The minimum absolute atomic E-state index is 0.137. The summed E-state index contributed by atoms with van der Waals surface area (Å²) in [5, 5.41) is 20.9. The van der Waals surface area contributed by atoms with E-state index in [-0.39, 0.29) is 13.2 Å². The van der Waals surface area contributed by atoms with Crippen molar-refractivity contribution in [1.29, 1.82) is 0 Å². The van der Waals surface area contributed by atoms with Crippen LogP contribution in [0.1, 0.15) is 11.1 Å². The molecule has 0 aliphatic carbocycles. The number of methoxy groups -OCH3 is 1. The molecule has 5 atom stereocenters. The summed E-state index contributed by atoms with van der Waals surface area (Å²) in [6.45, 7) is 0.821. The number of aliphatic hydroxyl groups is 2. The minimum Gasteiger partial charge on any atom is -0.387 e. The Morgan fingerprint density at radius 1 is 0.852 bits per heavy atom. The van der Waals surface area contributed by atoms with Crippen molar-refractivity contribution < 1.29 is 29.2 Å². The van der Waals surface area contributed by atoms with E-state index >= 15 is 0 Å². The topological polar surface area (TPSA) is 77.4 Å². The molecule has 1 heterocycles. The molecule has 3 rings (SSSR count). The smallest absolute Gasteiger partial charge is 0.186 e. The standard InChI is InChI=1S/C21H26O6/c1-24-21-20(26-13-16-10-6-3-7-11-16)19(23)18(22)17(27-21)14-25-12-15-8-4-2-5-9-15/h2-11,17-23H,12-14H2,1H3. The molecule has 0 bridgehead atoms. The molecule has 6 nitrogen and oxygen atoms in total. The molecule has 1 fully saturated rings. The van der Waals surface area contributed by atoms with Crippen LogP contribution < -0.4 is 0 Å². The number of aliphatic hydroxyl groups excluding tert-OH is 2. The van der Waals surface area contributed by atoms with Crippen molar-refractivity contribution in [3.8, 4) is 0 Å². The summed E-state index contributed by atoms with van der Waals surface area (Å²) in [5.41, 5.74) is 1.98. The van der Waals surface area contributed by atoms with Crippen LogP contribution in [-0.4, -0.2) is 54.6 Å². The fourth-order valence-corrected chi connectivity index (χ4v) is 3.04. The van der Waals surface area contributed by atoms with E-state index in [9.17, 15) is 10.2 Å². The van der Waals surface area contributed by atoms with Gasteiger partial charge in [-0.25, -0.2) is 0 Å². The highest BCUT2D eigenvalue weighted by atomic mass is 16.7. The molecule has 6 heteroatoms. The average Bonchev–Trinajstić information content (AvgIpc) is 2.72. The SMILES string of the molecule is COC1OC(COCc2ccccc2)C(O)C(O)C1OCc1ccccc1. The lowest BCUT2D eigenvalue weighted by Gasteiger charge is -2.41. The predicted molar refractivity (Wildman–Crippen MR) is 98.8 cm³/mol. The lowest BCUT2D eigenvalue weighted by Crippen LogP contribution is -2.59. The molecular formula is C21H26O6. The van der Waals surface area contributed by atoms with E-state index in [0.29, 0.717) is 6.61 Å². The van der Waals surface area contributed by atoms with Crippen molar-refractivity contribution in [2.75, 3.05) is 13.7 Å². The van der Waals surface area contributed by atoms with E-state index < -0.39 is 30.7 Å². The zero-order valence-electron chi connectivity index (χ0n) is 15.3. The van der Waals surface area contributed by atoms with Crippen LogP contribution >= 0.6 is 0 Å². The van der Waals surface area contributed by atoms with Gasteiger partial charge in [-0.1, -0.05) is 60.7 Å². The average molecular weight is 374 g/mol. The summed E-state index contributed by atoms with van der Waals surface area (Å²) in [5.74, 6) is 0. The van der Waals surface area contributed by atoms with Gasteiger partial charge < -0.3 is 29.2 Å². The molecular weight excluding hydrogens is 348 g/mol. The summed E-state index contributed by atoms with van der Waals surface area (Å²) in [7, 11) is 1.48. The van der Waals surface area contributed by atoms with Crippen LogP contribution in [-0.2, 0) is 32.2 Å². The van der Waals surface area contributed by atoms with E-state index in [1.807, 2.05) is 60.7 Å². The van der Waals surface area contributed by atoms with Gasteiger partial charge in [-0.2, -0.15) is 0 Å². The van der Waals surface area contributed by atoms with Crippen LogP contribution in [0.5, 0.6) is 0 Å². The van der Waals surface area contributed by atoms with Gasteiger partial charge in [-0.05, 0) is 11.1 Å². The number of hydrogen-bond acceptors (Lipinski definition) is 6. The molecule has 1 aliphatic rings. The molecule has 0 radical (unpaired) electrons. The Balaban J connectivity index is 1.54. The summed E-state index contributed by atoms with van der Waals surface area (Å²) in [4.78, 5) is 0. The van der Waals surface area contributed by atoms with Gasteiger partial charge in [0.15, 0.2) is 6.29 Å². The zero-order valence-corrected chi connectivity index (χ0v) is 15.3. The van der Waals surface area contributed by atoms with E-state index in [1.54, 1.807) is 0 Å². The molecule has 2 aromatic carbocycles. The van der Waals surface area contributed by atoms with Crippen LogP contribution in [0.25, 0.3) is 0 Å². The Bertz CT molecular complexity index is 661. The van der Waals surface area contributed by atoms with Crippen LogP contribution in [0, 0.1) is 0 Å². The second kappa shape index (κ2) is 9.94. The second-order valence-corrected chi connectivity index (χ2v) is 6.52. The molecule has 1 aliphatic heterocycles. The van der Waals surface area contributed by atoms with Gasteiger partial charge in [-0.15, -0.1) is 0 Å². The number of rotatable bonds is 8. The largest absolute Gasteiger partial charge is 0.387 e. The maximum Gasteiger partial charge on any atom is 0.186 e. The van der Waals surface area contributed by atoms with E-state index in [1.165, 1.54) is 7.11 Å². The lowest BCUT2D eigenvalue weighted by atomic mass is 9.99. The first-order valence-corrected chi connectivity index (χ1v) is 9.00. The molecule has 5 unspecified atom stereocenters. The van der Waals surface area contributed by atoms with E-state index in [4.69, 9.17) is 18.9 Å². The van der Waals surface area contributed by atoms with Gasteiger partial charge >= 0.3 is 0 Å². The van der Waals surface area contributed by atoms with Crippen molar-refractivity contribution in [2.45, 2.75) is 43.9 Å². The van der Waals surface area contributed by atoms with E-state index in [0.717, 1.165) is 11.1 Å². The molecule has 0 saturated carbocycles. The lowest BCUT2D eigenvalue weighted by molar-refractivity contribution is -0.307. The first kappa shape index (κ1) is 19.9. The van der Waals surface area contributed by atoms with Gasteiger partial charge in [0.1, 0.15) is 24.4 Å². The quantitative estimate of drug-likeness (QED) is 0.735. The zero-order chi connectivity index (χ0) is 19.1. The molecule has 0 amide bonds. The third-order valence-electron chi connectivity index (χ3n) is 4.56. The Hall–Kier alpha value is -1.80. The highest BCUT2D eigenvalue weighted by Crippen LogP contribution is 2.25. The predicted octanol–water partition coefficient (Wildman–Crippen LogP) is 1.88. The molecule has 27 heavy (non-hydrogen) atoms. The first-order valence-electron chi connectivity index (χ1n) is 9.00. The Morgan fingerprint density at radius 3 is 2.04 bits per heavy atom. The Kier molecular flexibility index (Phi) is 7.34. The van der Waals surface area contributed by atoms with Crippen molar-refractivity contribution in [3.05, 3.63) is 71.8 Å². The molecule has 2 N–H and O–H groups in total. The van der Waals surface area contributed by atoms with Crippen molar-refractivity contribution >= 4 is 0 Å². The first-order chi connectivity index (χ1) is 13.2. The summed E-state index contributed by atoms with van der Waals surface area (Å²) < 4.78 is 22.5. The number of benzene rings is 2. The fourth-order valence-electron chi connectivity index (χ4n) is 3.04. The maximum atomic E-state index is 10.5. The summed E-state index contributed by atoms with van der Waals surface area (Å²) >= 11 is 0. The molecule has 146 valence electrons. The maximum absolute atomic E-state index is 10.5. The highest BCUT2D eigenvalue weighted by molar-refractivity contribution is 5.14. The summed E-state index contributed by atoms with van der Waals surface area (Å²) in [6.07, 6.45) is -4.57. The van der Waals surface area contributed by atoms with Crippen molar-refractivity contribution in [2.24, 2.45) is 0 Å². The van der Waals surface area contributed by atoms with Crippen LogP contribution in [0.2, 0.25) is 0 Å². The van der Waals surface area contributed by atoms with Gasteiger partial charge in [-0.3, -0.25) is 0 Å². The molecule has 0 aromatic heterocycles. The van der Waals surface area contributed by atoms with Crippen molar-refractivity contribution in [3.63, 3.8) is 0 Å². The van der Waals surface area contributed by atoms with Gasteiger partial charge in [0.25, 0.3) is 0 Å². The number of hydrogen-bond donors (Lipinski definition) is 2. The second-order valence-electron chi connectivity index (χ2n) is 6.52. The Labute approximate surface area is 159 Å².